The van der Waals surface area contributed by atoms with Gasteiger partial charge in [0.15, 0.2) is 0 Å². The van der Waals surface area contributed by atoms with Crippen LogP contribution in [0.1, 0.15) is 58.8 Å². The minimum Gasteiger partial charge on any atom is -0.390 e. The van der Waals surface area contributed by atoms with Crippen molar-refractivity contribution in [3.05, 3.63) is 0 Å². The van der Waals surface area contributed by atoms with Gasteiger partial charge in [-0.1, -0.05) is 25.7 Å². The molecule has 100 valence electrons. The van der Waals surface area contributed by atoms with Crippen molar-refractivity contribution in [1.29, 1.82) is 0 Å². The molecule has 0 bridgehead atoms. The van der Waals surface area contributed by atoms with Crippen molar-refractivity contribution >= 4 is 0 Å². The topological polar surface area (TPSA) is 29.5 Å². The third-order valence-electron chi connectivity index (χ3n) is 4.72. The molecule has 0 aromatic rings. The third-order valence-corrected chi connectivity index (χ3v) is 4.72. The predicted octanol–water partition coefficient (Wildman–Crippen LogP) is 3.38. The highest BCUT2D eigenvalue weighted by Crippen LogP contribution is 2.43. The lowest BCUT2D eigenvalue weighted by Gasteiger charge is -2.40. The first kappa shape index (κ1) is 13.4. The molecule has 0 aromatic heterocycles. The Morgan fingerprint density at radius 3 is 2.47 bits per heavy atom. The largest absolute Gasteiger partial charge is 0.390 e. The zero-order chi connectivity index (χ0) is 12.3. The summed E-state index contributed by atoms with van der Waals surface area (Å²) in [4.78, 5) is 0. The highest BCUT2D eigenvalue weighted by molar-refractivity contribution is 4.85. The Morgan fingerprint density at radius 2 is 1.76 bits per heavy atom. The summed E-state index contributed by atoms with van der Waals surface area (Å²) in [5.74, 6) is 2.36. The third kappa shape index (κ3) is 3.69. The SMILES string of the molecule is CC(C)OCC(O)C1CCC2CCCCC2C1. The van der Waals surface area contributed by atoms with Crippen LogP contribution in [0.5, 0.6) is 0 Å². The molecular weight excluding hydrogens is 212 g/mol. The van der Waals surface area contributed by atoms with Crippen LogP contribution in [0.4, 0.5) is 0 Å². The van der Waals surface area contributed by atoms with Gasteiger partial charge in [0, 0.05) is 0 Å². The second-order valence-corrected chi connectivity index (χ2v) is 6.33. The number of aliphatic hydroxyl groups is 1. The molecule has 4 unspecified atom stereocenters. The Hall–Kier alpha value is -0.0800. The average Bonchev–Trinajstić information content (AvgIpc) is 2.35. The molecule has 0 spiro atoms. The molecule has 0 amide bonds. The molecule has 0 radical (unpaired) electrons. The normalized spacial score (nSPS) is 35.6. The van der Waals surface area contributed by atoms with E-state index in [1.807, 2.05) is 13.8 Å². The summed E-state index contributed by atoms with van der Waals surface area (Å²) in [5.41, 5.74) is 0. The molecule has 2 fully saturated rings. The second-order valence-electron chi connectivity index (χ2n) is 6.33. The van der Waals surface area contributed by atoms with Crippen LogP contribution < -0.4 is 0 Å². The van der Waals surface area contributed by atoms with E-state index in [-0.39, 0.29) is 12.2 Å². The Kier molecular flexibility index (Phi) is 4.87. The molecular formula is C15H28O2. The highest BCUT2D eigenvalue weighted by Gasteiger charge is 2.34. The van der Waals surface area contributed by atoms with Gasteiger partial charge in [0.05, 0.1) is 18.8 Å². The summed E-state index contributed by atoms with van der Waals surface area (Å²) >= 11 is 0. The van der Waals surface area contributed by atoms with E-state index < -0.39 is 0 Å². The van der Waals surface area contributed by atoms with Crippen LogP contribution in [0.2, 0.25) is 0 Å². The molecule has 2 nitrogen and oxygen atoms in total. The lowest BCUT2D eigenvalue weighted by Crippen LogP contribution is -2.35. The number of ether oxygens (including phenoxy) is 1. The van der Waals surface area contributed by atoms with Gasteiger partial charge in [0.2, 0.25) is 0 Å². The average molecular weight is 240 g/mol. The summed E-state index contributed by atoms with van der Waals surface area (Å²) in [6.07, 6.45) is 9.48. The Balaban J connectivity index is 1.78. The molecule has 2 aliphatic carbocycles. The van der Waals surface area contributed by atoms with Gasteiger partial charge in [-0.15, -0.1) is 0 Å². The van der Waals surface area contributed by atoms with Crippen LogP contribution in [0.15, 0.2) is 0 Å². The van der Waals surface area contributed by atoms with E-state index in [9.17, 15) is 5.11 Å². The number of hydrogen-bond acceptors (Lipinski definition) is 2. The zero-order valence-electron chi connectivity index (χ0n) is 11.4. The van der Waals surface area contributed by atoms with E-state index in [0.717, 1.165) is 11.8 Å². The van der Waals surface area contributed by atoms with Crippen LogP contribution in [-0.4, -0.2) is 23.9 Å². The molecule has 2 heteroatoms. The van der Waals surface area contributed by atoms with Crippen molar-refractivity contribution in [2.75, 3.05) is 6.61 Å². The Bertz CT molecular complexity index is 227. The van der Waals surface area contributed by atoms with Gasteiger partial charge in [-0.25, -0.2) is 0 Å². The minimum atomic E-state index is -0.236. The van der Waals surface area contributed by atoms with Crippen molar-refractivity contribution in [3.63, 3.8) is 0 Å². The summed E-state index contributed by atoms with van der Waals surface area (Å²) in [6, 6.07) is 0. The van der Waals surface area contributed by atoms with E-state index in [4.69, 9.17) is 4.74 Å². The van der Waals surface area contributed by atoms with E-state index in [2.05, 4.69) is 0 Å². The molecule has 1 N–H and O–H groups in total. The van der Waals surface area contributed by atoms with Crippen molar-refractivity contribution in [3.8, 4) is 0 Å². The second kappa shape index (κ2) is 6.19. The fraction of sp³-hybridized carbons (Fsp3) is 1.00. The van der Waals surface area contributed by atoms with Crippen molar-refractivity contribution in [2.45, 2.75) is 71.0 Å². The standard InChI is InChI=1S/C15H28O2/c1-11(2)17-10-15(16)14-8-7-12-5-3-4-6-13(12)9-14/h11-16H,3-10H2,1-2H3. The van der Waals surface area contributed by atoms with Gasteiger partial charge in [0.25, 0.3) is 0 Å². The van der Waals surface area contributed by atoms with E-state index in [1.54, 1.807) is 0 Å². The van der Waals surface area contributed by atoms with Gasteiger partial charge in [-0.3, -0.25) is 0 Å². The van der Waals surface area contributed by atoms with Crippen LogP contribution in [-0.2, 0) is 4.74 Å². The quantitative estimate of drug-likeness (QED) is 0.816. The number of hydrogen-bond donors (Lipinski definition) is 1. The van der Waals surface area contributed by atoms with Gasteiger partial charge in [-0.2, -0.15) is 0 Å². The minimum absolute atomic E-state index is 0.232. The van der Waals surface area contributed by atoms with E-state index in [0.29, 0.717) is 12.5 Å². The van der Waals surface area contributed by atoms with Crippen LogP contribution in [0.3, 0.4) is 0 Å². The van der Waals surface area contributed by atoms with E-state index >= 15 is 0 Å². The smallest absolute Gasteiger partial charge is 0.0802 e. The molecule has 0 aliphatic heterocycles. The maximum atomic E-state index is 10.2. The Morgan fingerprint density at radius 1 is 1.06 bits per heavy atom. The first-order valence-electron chi connectivity index (χ1n) is 7.46. The molecule has 0 aromatic carbocycles. The van der Waals surface area contributed by atoms with Gasteiger partial charge in [-0.05, 0) is 50.9 Å². The summed E-state index contributed by atoms with van der Waals surface area (Å²) in [7, 11) is 0. The fourth-order valence-corrected chi connectivity index (χ4v) is 3.69. The number of aliphatic hydroxyl groups excluding tert-OH is 1. The van der Waals surface area contributed by atoms with Crippen LogP contribution >= 0.6 is 0 Å². The molecule has 2 saturated carbocycles. The van der Waals surface area contributed by atoms with Crippen LogP contribution in [0, 0.1) is 17.8 Å². The number of rotatable bonds is 4. The van der Waals surface area contributed by atoms with Gasteiger partial charge < -0.3 is 9.84 Å². The van der Waals surface area contributed by atoms with Crippen molar-refractivity contribution < 1.29 is 9.84 Å². The van der Waals surface area contributed by atoms with Gasteiger partial charge in [0.1, 0.15) is 0 Å². The first-order valence-corrected chi connectivity index (χ1v) is 7.46. The lowest BCUT2D eigenvalue weighted by atomic mass is 9.66. The molecule has 2 aliphatic rings. The maximum absolute atomic E-state index is 10.2. The molecule has 0 saturated heterocycles. The molecule has 4 atom stereocenters. The Labute approximate surface area is 106 Å². The van der Waals surface area contributed by atoms with E-state index in [1.165, 1.54) is 44.9 Å². The van der Waals surface area contributed by atoms with Crippen molar-refractivity contribution in [2.24, 2.45) is 17.8 Å². The molecule has 17 heavy (non-hydrogen) atoms. The predicted molar refractivity (Wildman–Crippen MR) is 69.9 cm³/mol. The first-order chi connectivity index (χ1) is 8.16. The van der Waals surface area contributed by atoms with Crippen LogP contribution in [0.25, 0.3) is 0 Å². The fourth-order valence-electron chi connectivity index (χ4n) is 3.69. The van der Waals surface area contributed by atoms with Crippen molar-refractivity contribution in [1.82, 2.24) is 0 Å². The summed E-state index contributed by atoms with van der Waals surface area (Å²) in [5, 5.41) is 10.2. The highest BCUT2D eigenvalue weighted by atomic mass is 16.5. The lowest BCUT2D eigenvalue weighted by molar-refractivity contribution is -0.0403. The summed E-state index contributed by atoms with van der Waals surface area (Å²) < 4.78 is 5.54. The van der Waals surface area contributed by atoms with Gasteiger partial charge >= 0.3 is 0 Å². The zero-order valence-corrected chi connectivity index (χ0v) is 11.4. The molecule has 0 heterocycles. The monoisotopic (exact) mass is 240 g/mol. The number of fused-ring (bicyclic) bond motifs is 1. The summed E-state index contributed by atoms with van der Waals surface area (Å²) in [6.45, 7) is 4.59. The molecule has 2 rings (SSSR count). The maximum Gasteiger partial charge on any atom is 0.0802 e.